The fraction of sp³-hybridized carbons (Fsp3) is 0.533. The summed E-state index contributed by atoms with van der Waals surface area (Å²) in [4.78, 5) is 11.9. The Morgan fingerprint density at radius 1 is 1.47 bits per heavy atom. The Morgan fingerprint density at radius 2 is 2.37 bits per heavy atom. The number of amides is 1. The van der Waals surface area contributed by atoms with Crippen LogP contribution >= 0.6 is 0 Å². The van der Waals surface area contributed by atoms with Gasteiger partial charge in [0.15, 0.2) is 0 Å². The Hall–Kier alpha value is -1.39. The summed E-state index contributed by atoms with van der Waals surface area (Å²) in [5.74, 6) is 0.430. The number of aliphatic hydroxyl groups excluding tert-OH is 1. The number of benzene rings is 1. The van der Waals surface area contributed by atoms with Crippen molar-refractivity contribution in [1.82, 2.24) is 5.32 Å². The van der Waals surface area contributed by atoms with Gasteiger partial charge in [0.05, 0.1) is 13.2 Å². The van der Waals surface area contributed by atoms with Gasteiger partial charge in [0.1, 0.15) is 0 Å². The standard InChI is InChI=1S/C15H19NO3/c17-8-14(12-4-6-19-9-12)11-2-1-10-3-5-16-15(18)13(10)7-11/h1-2,7,12,14,17H,3-6,8-9H2,(H,16,18). The lowest BCUT2D eigenvalue weighted by Gasteiger charge is -2.23. The van der Waals surface area contributed by atoms with E-state index >= 15 is 0 Å². The van der Waals surface area contributed by atoms with Crippen LogP contribution in [0.1, 0.15) is 33.8 Å². The minimum atomic E-state index is 0.00228. The summed E-state index contributed by atoms with van der Waals surface area (Å²) in [6.07, 6.45) is 1.87. The van der Waals surface area contributed by atoms with Gasteiger partial charge in [-0.05, 0) is 36.0 Å². The van der Waals surface area contributed by atoms with Gasteiger partial charge in [-0.1, -0.05) is 12.1 Å². The molecule has 1 amide bonds. The lowest BCUT2D eigenvalue weighted by molar-refractivity contribution is 0.0945. The van der Waals surface area contributed by atoms with Gasteiger partial charge in [-0.25, -0.2) is 0 Å². The average molecular weight is 261 g/mol. The Labute approximate surface area is 112 Å². The minimum Gasteiger partial charge on any atom is -0.396 e. The van der Waals surface area contributed by atoms with Crippen molar-refractivity contribution in [3.63, 3.8) is 0 Å². The van der Waals surface area contributed by atoms with Crippen LogP contribution in [0.25, 0.3) is 0 Å². The van der Waals surface area contributed by atoms with Gasteiger partial charge < -0.3 is 15.2 Å². The third-order valence-electron chi connectivity index (χ3n) is 4.22. The zero-order valence-corrected chi connectivity index (χ0v) is 10.9. The average Bonchev–Trinajstić information content (AvgIpc) is 2.94. The summed E-state index contributed by atoms with van der Waals surface area (Å²) < 4.78 is 5.40. The molecule has 1 aromatic carbocycles. The monoisotopic (exact) mass is 261 g/mol. The molecule has 2 aliphatic rings. The van der Waals surface area contributed by atoms with Crippen LogP contribution in [0.15, 0.2) is 18.2 Å². The number of hydrogen-bond acceptors (Lipinski definition) is 3. The molecule has 0 bridgehead atoms. The molecule has 0 saturated carbocycles. The van der Waals surface area contributed by atoms with Crippen LogP contribution in [0.3, 0.4) is 0 Å². The second-order valence-corrected chi connectivity index (χ2v) is 5.34. The Morgan fingerprint density at radius 3 is 3.11 bits per heavy atom. The molecule has 2 aliphatic heterocycles. The number of nitrogens with one attached hydrogen (secondary N) is 1. The fourth-order valence-electron chi connectivity index (χ4n) is 3.06. The maximum atomic E-state index is 11.9. The van der Waals surface area contributed by atoms with E-state index < -0.39 is 0 Å². The third kappa shape index (κ3) is 2.38. The second-order valence-electron chi connectivity index (χ2n) is 5.34. The molecule has 0 aromatic heterocycles. The molecule has 0 radical (unpaired) electrons. The van der Waals surface area contributed by atoms with Gasteiger partial charge in [0.2, 0.25) is 0 Å². The molecular weight excluding hydrogens is 242 g/mol. The normalized spacial score (nSPS) is 23.8. The number of ether oxygens (including phenoxy) is 1. The van der Waals surface area contributed by atoms with E-state index in [-0.39, 0.29) is 18.4 Å². The summed E-state index contributed by atoms with van der Waals surface area (Å²) in [5, 5.41) is 12.5. The first-order chi connectivity index (χ1) is 9.29. The lowest BCUT2D eigenvalue weighted by Crippen LogP contribution is -2.32. The van der Waals surface area contributed by atoms with Crippen LogP contribution in [0.4, 0.5) is 0 Å². The molecule has 102 valence electrons. The minimum absolute atomic E-state index is 0.00228. The highest BCUT2D eigenvalue weighted by Crippen LogP contribution is 2.32. The van der Waals surface area contributed by atoms with Crippen molar-refractivity contribution in [2.45, 2.75) is 18.8 Å². The summed E-state index contributed by atoms with van der Waals surface area (Å²) in [6.45, 7) is 2.29. The summed E-state index contributed by atoms with van der Waals surface area (Å²) >= 11 is 0. The first-order valence-corrected chi connectivity index (χ1v) is 6.89. The highest BCUT2D eigenvalue weighted by Gasteiger charge is 2.28. The van der Waals surface area contributed by atoms with Gasteiger partial charge in [0.25, 0.3) is 5.91 Å². The maximum Gasteiger partial charge on any atom is 0.251 e. The number of rotatable bonds is 3. The predicted molar refractivity (Wildman–Crippen MR) is 71.2 cm³/mol. The molecule has 0 spiro atoms. The highest BCUT2D eigenvalue weighted by atomic mass is 16.5. The molecule has 2 heterocycles. The van der Waals surface area contributed by atoms with Crippen LogP contribution in [0.5, 0.6) is 0 Å². The molecule has 0 aliphatic carbocycles. The molecule has 1 saturated heterocycles. The van der Waals surface area contributed by atoms with Crippen LogP contribution in [-0.4, -0.2) is 37.4 Å². The summed E-state index contributed by atoms with van der Waals surface area (Å²) in [6, 6.07) is 6.03. The van der Waals surface area contributed by atoms with Gasteiger partial charge in [-0.3, -0.25) is 4.79 Å². The molecule has 2 unspecified atom stereocenters. The first kappa shape index (κ1) is 12.6. The van der Waals surface area contributed by atoms with Crippen molar-refractivity contribution in [1.29, 1.82) is 0 Å². The fourth-order valence-corrected chi connectivity index (χ4v) is 3.06. The van der Waals surface area contributed by atoms with Crippen LogP contribution in [-0.2, 0) is 11.2 Å². The largest absolute Gasteiger partial charge is 0.396 e. The third-order valence-corrected chi connectivity index (χ3v) is 4.22. The Balaban J connectivity index is 1.91. The SMILES string of the molecule is O=C1NCCc2ccc(C(CO)C3CCOC3)cc21. The van der Waals surface area contributed by atoms with Crippen molar-refractivity contribution in [3.8, 4) is 0 Å². The summed E-state index contributed by atoms with van der Waals surface area (Å²) in [5.41, 5.74) is 2.92. The Kier molecular flexibility index (Phi) is 3.53. The lowest BCUT2D eigenvalue weighted by atomic mass is 9.84. The van der Waals surface area contributed by atoms with E-state index in [9.17, 15) is 9.90 Å². The Bertz CT molecular complexity index is 480. The van der Waals surface area contributed by atoms with Crippen molar-refractivity contribution in [2.75, 3.05) is 26.4 Å². The van der Waals surface area contributed by atoms with Crippen molar-refractivity contribution < 1.29 is 14.6 Å². The molecular formula is C15H19NO3. The van der Waals surface area contributed by atoms with Crippen molar-refractivity contribution in [3.05, 3.63) is 34.9 Å². The van der Waals surface area contributed by atoms with Gasteiger partial charge in [-0.15, -0.1) is 0 Å². The zero-order chi connectivity index (χ0) is 13.2. The molecule has 4 nitrogen and oxygen atoms in total. The predicted octanol–water partition coefficient (Wildman–Crippen LogP) is 1.08. The molecule has 4 heteroatoms. The number of hydrogen-bond donors (Lipinski definition) is 2. The zero-order valence-electron chi connectivity index (χ0n) is 10.9. The van der Waals surface area contributed by atoms with Gasteiger partial charge >= 0.3 is 0 Å². The number of aliphatic hydroxyl groups is 1. The molecule has 19 heavy (non-hydrogen) atoms. The van der Waals surface area contributed by atoms with Gasteiger partial charge in [0, 0.05) is 24.6 Å². The molecule has 1 aromatic rings. The van der Waals surface area contributed by atoms with Crippen LogP contribution in [0, 0.1) is 5.92 Å². The van der Waals surface area contributed by atoms with E-state index in [1.54, 1.807) is 0 Å². The second kappa shape index (κ2) is 5.31. The smallest absolute Gasteiger partial charge is 0.251 e. The highest BCUT2D eigenvalue weighted by molar-refractivity contribution is 5.96. The van der Waals surface area contributed by atoms with E-state index in [1.165, 1.54) is 0 Å². The number of carbonyl (C=O) groups excluding carboxylic acids is 1. The quantitative estimate of drug-likeness (QED) is 0.856. The first-order valence-electron chi connectivity index (χ1n) is 6.89. The van der Waals surface area contributed by atoms with Gasteiger partial charge in [-0.2, -0.15) is 0 Å². The van der Waals surface area contributed by atoms with Crippen LogP contribution in [0.2, 0.25) is 0 Å². The topological polar surface area (TPSA) is 58.6 Å². The maximum absolute atomic E-state index is 11.9. The summed E-state index contributed by atoms with van der Waals surface area (Å²) in [7, 11) is 0. The molecule has 1 fully saturated rings. The van der Waals surface area contributed by atoms with Crippen LogP contribution < -0.4 is 5.32 Å². The van der Waals surface area contributed by atoms with E-state index in [0.717, 1.165) is 36.1 Å². The van der Waals surface area contributed by atoms with E-state index in [4.69, 9.17) is 4.74 Å². The van der Waals surface area contributed by atoms with E-state index in [2.05, 4.69) is 11.4 Å². The molecule has 2 atom stereocenters. The van der Waals surface area contributed by atoms with E-state index in [0.29, 0.717) is 19.1 Å². The van der Waals surface area contributed by atoms with E-state index in [1.807, 2.05) is 12.1 Å². The molecule has 2 N–H and O–H groups in total. The van der Waals surface area contributed by atoms with Crippen molar-refractivity contribution in [2.24, 2.45) is 5.92 Å². The van der Waals surface area contributed by atoms with Crippen molar-refractivity contribution >= 4 is 5.91 Å². The molecule has 3 rings (SSSR count). The number of fused-ring (bicyclic) bond motifs is 1. The number of carbonyl (C=O) groups is 1.